The molecule has 154 valence electrons. The number of ether oxygens (including phenoxy) is 4. The third-order valence-electron chi connectivity index (χ3n) is 5.34. The highest BCUT2D eigenvalue weighted by atomic mass is 16.7. The molecular weight excluding hydrogens is 398 g/mol. The van der Waals surface area contributed by atoms with Crippen molar-refractivity contribution in [3.05, 3.63) is 77.4 Å². The van der Waals surface area contributed by atoms with Crippen molar-refractivity contribution in [1.29, 1.82) is 0 Å². The van der Waals surface area contributed by atoms with Gasteiger partial charge in [0, 0.05) is 11.3 Å². The predicted molar refractivity (Wildman–Crippen MR) is 112 cm³/mol. The first-order valence-electron chi connectivity index (χ1n) is 9.78. The summed E-state index contributed by atoms with van der Waals surface area (Å²) in [5.74, 6) is 2.48. The Morgan fingerprint density at radius 3 is 2.42 bits per heavy atom. The van der Waals surface area contributed by atoms with Crippen molar-refractivity contribution >= 4 is 17.8 Å². The van der Waals surface area contributed by atoms with E-state index >= 15 is 0 Å². The van der Waals surface area contributed by atoms with E-state index in [1.165, 1.54) is 5.01 Å². The van der Waals surface area contributed by atoms with Gasteiger partial charge in [0.05, 0.1) is 11.8 Å². The number of anilines is 1. The normalized spacial score (nSPS) is 18.3. The van der Waals surface area contributed by atoms with Crippen LogP contribution in [-0.2, 0) is 0 Å². The summed E-state index contributed by atoms with van der Waals surface area (Å²) in [6.45, 7) is 0.387. The van der Waals surface area contributed by atoms with Crippen LogP contribution in [0.5, 0.6) is 23.0 Å². The van der Waals surface area contributed by atoms with Gasteiger partial charge in [-0.15, -0.1) is 0 Å². The van der Waals surface area contributed by atoms with Crippen LogP contribution in [0.15, 0.2) is 65.8 Å². The number of hydrogen-bond acceptors (Lipinski definition) is 7. The lowest BCUT2D eigenvalue weighted by molar-refractivity contribution is 0.0691. The Bertz CT molecular complexity index is 1230. The van der Waals surface area contributed by atoms with Gasteiger partial charge in [0.25, 0.3) is 5.91 Å². The minimum absolute atomic E-state index is 0.185. The lowest BCUT2D eigenvalue weighted by Crippen LogP contribution is -2.39. The second-order valence-corrected chi connectivity index (χ2v) is 7.21. The van der Waals surface area contributed by atoms with Crippen LogP contribution in [0.2, 0.25) is 0 Å². The molecule has 0 saturated carbocycles. The topological polar surface area (TPSA) is 81.6 Å². The summed E-state index contributed by atoms with van der Waals surface area (Å²) in [6.07, 6.45) is 1.12. The summed E-state index contributed by atoms with van der Waals surface area (Å²) in [4.78, 5) is 13.3. The number of hydrogen-bond donors (Lipinski definition) is 1. The fourth-order valence-corrected chi connectivity index (χ4v) is 3.79. The van der Waals surface area contributed by atoms with E-state index in [1.54, 1.807) is 12.3 Å². The van der Waals surface area contributed by atoms with E-state index in [9.17, 15) is 4.79 Å². The molecule has 3 aromatic carbocycles. The Kier molecular flexibility index (Phi) is 3.95. The molecule has 0 spiro atoms. The van der Waals surface area contributed by atoms with Gasteiger partial charge in [-0.1, -0.05) is 18.2 Å². The minimum Gasteiger partial charge on any atom is -0.454 e. The highest BCUT2D eigenvalue weighted by Crippen LogP contribution is 2.39. The third-order valence-corrected chi connectivity index (χ3v) is 5.34. The molecule has 3 aliphatic heterocycles. The van der Waals surface area contributed by atoms with E-state index in [1.807, 2.05) is 54.6 Å². The average molecular weight is 415 g/mol. The maximum atomic E-state index is 13.3. The van der Waals surface area contributed by atoms with E-state index in [2.05, 4.69) is 10.4 Å². The SMILES string of the molecule is O=C1c2ccccc2N[C@H](c2ccc3c(c2)OCO3)N1/N=C\c1ccc2c(c1)OCO2. The number of hydrazone groups is 1. The van der Waals surface area contributed by atoms with Gasteiger partial charge >= 0.3 is 0 Å². The molecule has 0 aliphatic carbocycles. The summed E-state index contributed by atoms with van der Waals surface area (Å²) >= 11 is 0. The van der Waals surface area contributed by atoms with Crippen LogP contribution in [0.25, 0.3) is 0 Å². The molecular formula is C23H17N3O5. The number of carbonyl (C=O) groups is 1. The smallest absolute Gasteiger partial charge is 0.278 e. The molecule has 0 fully saturated rings. The lowest BCUT2D eigenvalue weighted by Gasteiger charge is -2.34. The van der Waals surface area contributed by atoms with Gasteiger partial charge < -0.3 is 24.3 Å². The monoisotopic (exact) mass is 415 g/mol. The zero-order valence-corrected chi connectivity index (χ0v) is 16.3. The van der Waals surface area contributed by atoms with Crippen LogP contribution in [0.3, 0.4) is 0 Å². The second kappa shape index (κ2) is 6.94. The van der Waals surface area contributed by atoms with Crippen LogP contribution in [0.4, 0.5) is 5.69 Å². The number of benzene rings is 3. The summed E-state index contributed by atoms with van der Waals surface area (Å²) in [6, 6.07) is 18.5. The first kappa shape index (κ1) is 17.6. The van der Waals surface area contributed by atoms with Crippen LogP contribution >= 0.6 is 0 Å². The second-order valence-electron chi connectivity index (χ2n) is 7.21. The third kappa shape index (κ3) is 3.00. The highest BCUT2D eigenvalue weighted by molar-refractivity contribution is 6.02. The Morgan fingerprint density at radius 2 is 1.58 bits per heavy atom. The molecule has 3 aliphatic rings. The zero-order chi connectivity index (χ0) is 20.8. The number of carbonyl (C=O) groups excluding carboxylic acids is 1. The molecule has 0 aromatic heterocycles. The van der Waals surface area contributed by atoms with Crippen molar-refractivity contribution < 1.29 is 23.7 Å². The molecule has 31 heavy (non-hydrogen) atoms. The van der Waals surface area contributed by atoms with E-state index in [4.69, 9.17) is 18.9 Å². The van der Waals surface area contributed by atoms with Gasteiger partial charge in [-0.2, -0.15) is 5.10 Å². The van der Waals surface area contributed by atoms with Crippen LogP contribution in [0.1, 0.15) is 27.7 Å². The molecule has 6 rings (SSSR count). The molecule has 1 atom stereocenters. The van der Waals surface area contributed by atoms with Crippen molar-refractivity contribution in [1.82, 2.24) is 5.01 Å². The van der Waals surface area contributed by atoms with Crippen molar-refractivity contribution in [3.63, 3.8) is 0 Å². The molecule has 3 aromatic rings. The molecule has 0 bridgehead atoms. The van der Waals surface area contributed by atoms with Gasteiger partial charge in [0.15, 0.2) is 29.2 Å². The van der Waals surface area contributed by atoms with Gasteiger partial charge in [0.2, 0.25) is 13.6 Å². The van der Waals surface area contributed by atoms with Crippen molar-refractivity contribution in [2.75, 3.05) is 18.9 Å². The number of nitrogens with one attached hydrogen (secondary N) is 1. The van der Waals surface area contributed by atoms with E-state index < -0.39 is 6.17 Å². The fraction of sp³-hybridized carbons (Fsp3) is 0.130. The lowest BCUT2D eigenvalue weighted by atomic mass is 10.0. The fourth-order valence-electron chi connectivity index (χ4n) is 3.79. The summed E-state index contributed by atoms with van der Waals surface area (Å²) in [5.41, 5.74) is 2.93. The van der Waals surface area contributed by atoms with Gasteiger partial charge in [0.1, 0.15) is 0 Å². The Balaban J connectivity index is 1.38. The van der Waals surface area contributed by atoms with Crippen molar-refractivity contribution in [2.24, 2.45) is 5.10 Å². The summed E-state index contributed by atoms with van der Waals surface area (Å²) in [5, 5.41) is 9.39. The first-order chi connectivity index (χ1) is 15.3. The highest BCUT2D eigenvalue weighted by Gasteiger charge is 2.33. The Hall–Kier alpha value is -4.20. The van der Waals surface area contributed by atoms with Crippen LogP contribution in [-0.4, -0.2) is 30.7 Å². The number of nitrogens with zero attached hydrogens (tertiary/aromatic N) is 2. The molecule has 8 nitrogen and oxygen atoms in total. The predicted octanol–water partition coefficient (Wildman–Crippen LogP) is 3.74. The quantitative estimate of drug-likeness (QED) is 0.657. The van der Waals surface area contributed by atoms with Crippen LogP contribution in [0, 0.1) is 0 Å². The van der Waals surface area contributed by atoms with Gasteiger partial charge in [-0.05, 0) is 48.0 Å². The Morgan fingerprint density at radius 1 is 0.871 bits per heavy atom. The number of para-hydroxylation sites is 1. The summed E-state index contributed by atoms with van der Waals surface area (Å²) in [7, 11) is 0. The summed E-state index contributed by atoms with van der Waals surface area (Å²) < 4.78 is 21.7. The molecule has 1 amide bonds. The van der Waals surface area contributed by atoms with E-state index in [0.29, 0.717) is 28.6 Å². The van der Waals surface area contributed by atoms with E-state index in [0.717, 1.165) is 16.8 Å². The van der Waals surface area contributed by atoms with Crippen molar-refractivity contribution in [3.8, 4) is 23.0 Å². The van der Waals surface area contributed by atoms with Gasteiger partial charge in [-0.3, -0.25) is 4.79 Å². The number of fused-ring (bicyclic) bond motifs is 3. The van der Waals surface area contributed by atoms with Gasteiger partial charge in [-0.25, -0.2) is 5.01 Å². The van der Waals surface area contributed by atoms with E-state index in [-0.39, 0.29) is 19.5 Å². The molecule has 8 heteroatoms. The Labute approximate surface area is 177 Å². The average Bonchev–Trinajstić information content (AvgIpc) is 3.46. The standard InChI is InChI=1S/C23H17N3O5/c27-23-16-3-1-2-4-17(16)25-22(15-6-8-19-21(10-15)31-13-29-19)26(23)24-11-14-5-7-18-20(9-14)30-12-28-18/h1-11,22,25H,12-13H2/b24-11-/t22-/m0/s1. The van der Waals surface area contributed by atoms with Crippen molar-refractivity contribution in [2.45, 2.75) is 6.17 Å². The maximum absolute atomic E-state index is 13.3. The minimum atomic E-state index is -0.512. The largest absolute Gasteiger partial charge is 0.454 e. The molecule has 0 unspecified atom stereocenters. The number of amides is 1. The molecule has 0 radical (unpaired) electrons. The molecule has 1 N–H and O–H groups in total. The maximum Gasteiger partial charge on any atom is 0.278 e. The zero-order valence-electron chi connectivity index (χ0n) is 16.3. The molecule has 0 saturated heterocycles. The van der Waals surface area contributed by atoms with Crippen LogP contribution < -0.4 is 24.3 Å². The first-order valence-corrected chi connectivity index (χ1v) is 9.78. The number of rotatable bonds is 3. The molecule has 3 heterocycles.